The number of pyridine rings is 2. The van der Waals surface area contributed by atoms with Crippen LogP contribution in [0.2, 0.25) is 5.02 Å². The first-order chi connectivity index (χ1) is 16.6. The van der Waals surface area contributed by atoms with Crippen molar-refractivity contribution in [3.63, 3.8) is 0 Å². The van der Waals surface area contributed by atoms with Gasteiger partial charge in [0.2, 0.25) is 0 Å². The number of likely N-dealkylation sites (N-methyl/N-ethyl adjacent to an activating group) is 1. The van der Waals surface area contributed by atoms with Crippen molar-refractivity contribution in [2.24, 2.45) is 0 Å². The Bertz CT molecular complexity index is 1640. The number of aromatic nitrogens is 2. The highest BCUT2D eigenvalue weighted by Gasteiger charge is 2.34. The molecule has 3 heterocycles. The third-order valence-corrected chi connectivity index (χ3v) is 9.32. The van der Waals surface area contributed by atoms with Crippen molar-refractivity contribution >= 4 is 54.2 Å². The molecule has 0 saturated carbocycles. The largest absolute Gasteiger partial charge is 0.303 e. The van der Waals surface area contributed by atoms with Gasteiger partial charge < -0.3 is 0 Å². The van der Waals surface area contributed by atoms with Crippen LogP contribution in [0.1, 0.15) is 0 Å². The van der Waals surface area contributed by atoms with E-state index in [0.29, 0.717) is 46.3 Å². The second kappa shape index (κ2) is 8.76. The van der Waals surface area contributed by atoms with Crippen LogP contribution in [-0.2, 0) is 20.2 Å². The summed E-state index contributed by atoms with van der Waals surface area (Å²) in [6, 6.07) is 17.7. The summed E-state index contributed by atoms with van der Waals surface area (Å²) >= 11 is 6.39. The molecule has 1 fully saturated rings. The first kappa shape index (κ1) is 23.5. The SMILES string of the molecule is CN1CCN(c2ccc(S(=O)(=O)Nc3ccc(Cl)c(-c4ccc5ncccc5n4)c3)cc2)S1(=O)=O. The maximum Gasteiger partial charge on any atom is 0.303 e. The van der Waals surface area contributed by atoms with E-state index in [0.717, 1.165) is 5.52 Å². The van der Waals surface area contributed by atoms with E-state index in [9.17, 15) is 16.8 Å². The van der Waals surface area contributed by atoms with Gasteiger partial charge in [-0.25, -0.2) is 13.4 Å². The number of benzene rings is 2. The van der Waals surface area contributed by atoms with Gasteiger partial charge in [-0.15, -0.1) is 0 Å². The number of nitrogens with one attached hydrogen (secondary N) is 1. The van der Waals surface area contributed by atoms with Crippen molar-refractivity contribution in [1.82, 2.24) is 14.3 Å². The van der Waals surface area contributed by atoms with Gasteiger partial charge in [-0.3, -0.25) is 14.0 Å². The van der Waals surface area contributed by atoms with E-state index in [1.807, 2.05) is 12.1 Å². The molecule has 12 heteroatoms. The number of sulfonamides is 1. The number of rotatable bonds is 5. The molecule has 35 heavy (non-hydrogen) atoms. The average molecular weight is 530 g/mol. The van der Waals surface area contributed by atoms with Crippen LogP contribution in [0.15, 0.2) is 77.8 Å². The fourth-order valence-electron chi connectivity index (χ4n) is 3.79. The summed E-state index contributed by atoms with van der Waals surface area (Å²) in [5, 5.41) is 0.421. The fraction of sp³-hybridized carbons (Fsp3) is 0.130. The minimum Gasteiger partial charge on any atom is -0.280 e. The van der Waals surface area contributed by atoms with Gasteiger partial charge in [-0.2, -0.15) is 12.7 Å². The van der Waals surface area contributed by atoms with Crippen LogP contribution in [0.5, 0.6) is 0 Å². The topological polar surface area (TPSA) is 113 Å². The zero-order valence-electron chi connectivity index (χ0n) is 18.5. The molecular formula is C23H20ClN5O4S2. The lowest BCUT2D eigenvalue weighted by Crippen LogP contribution is -2.30. The molecule has 1 aliphatic rings. The molecule has 5 rings (SSSR count). The van der Waals surface area contributed by atoms with Gasteiger partial charge in [0.1, 0.15) is 0 Å². The third-order valence-electron chi connectivity index (χ3n) is 5.68. The number of anilines is 2. The quantitative estimate of drug-likeness (QED) is 0.421. The molecule has 180 valence electrons. The highest BCUT2D eigenvalue weighted by molar-refractivity contribution is 7.92. The Hall–Kier alpha value is -3.25. The van der Waals surface area contributed by atoms with E-state index < -0.39 is 20.2 Å². The van der Waals surface area contributed by atoms with E-state index in [-0.39, 0.29) is 4.90 Å². The molecule has 2 aromatic carbocycles. The zero-order chi connectivity index (χ0) is 24.8. The van der Waals surface area contributed by atoms with Gasteiger partial charge in [-0.05, 0) is 66.7 Å². The predicted molar refractivity (Wildman–Crippen MR) is 136 cm³/mol. The van der Waals surface area contributed by atoms with Crippen molar-refractivity contribution in [3.8, 4) is 11.3 Å². The molecule has 1 aliphatic heterocycles. The normalized spacial score (nSPS) is 16.0. The summed E-state index contributed by atoms with van der Waals surface area (Å²) < 4.78 is 55.8. The van der Waals surface area contributed by atoms with E-state index in [4.69, 9.17) is 11.6 Å². The van der Waals surface area contributed by atoms with Crippen LogP contribution >= 0.6 is 11.6 Å². The van der Waals surface area contributed by atoms with Crippen LogP contribution in [0.25, 0.3) is 22.3 Å². The van der Waals surface area contributed by atoms with Crippen molar-refractivity contribution in [2.45, 2.75) is 4.90 Å². The van der Waals surface area contributed by atoms with Gasteiger partial charge in [0, 0.05) is 37.6 Å². The number of nitrogens with zero attached hydrogens (tertiary/aromatic N) is 4. The van der Waals surface area contributed by atoms with Crippen LogP contribution in [0, 0.1) is 0 Å². The second-order valence-electron chi connectivity index (χ2n) is 7.93. The number of halogens is 1. The van der Waals surface area contributed by atoms with Crippen molar-refractivity contribution in [1.29, 1.82) is 0 Å². The van der Waals surface area contributed by atoms with Gasteiger partial charge in [0.25, 0.3) is 10.0 Å². The molecule has 1 N–H and O–H groups in total. The summed E-state index contributed by atoms with van der Waals surface area (Å²) in [7, 11) is -6.02. The van der Waals surface area contributed by atoms with Crippen LogP contribution in [-0.4, -0.2) is 51.2 Å². The highest BCUT2D eigenvalue weighted by Crippen LogP contribution is 2.32. The molecule has 4 aromatic rings. The first-order valence-electron chi connectivity index (χ1n) is 10.5. The number of hydrogen-bond donors (Lipinski definition) is 1. The number of hydrogen-bond acceptors (Lipinski definition) is 6. The van der Waals surface area contributed by atoms with Crippen LogP contribution < -0.4 is 9.03 Å². The monoisotopic (exact) mass is 529 g/mol. The fourth-order valence-corrected chi connectivity index (χ4v) is 6.40. The second-order valence-corrected chi connectivity index (χ2v) is 12.0. The number of fused-ring (bicyclic) bond motifs is 1. The van der Waals surface area contributed by atoms with Gasteiger partial charge in [-0.1, -0.05) is 11.6 Å². The Morgan fingerprint density at radius 1 is 0.971 bits per heavy atom. The van der Waals surface area contributed by atoms with E-state index >= 15 is 0 Å². The van der Waals surface area contributed by atoms with Crippen LogP contribution in [0.4, 0.5) is 11.4 Å². The lowest BCUT2D eigenvalue weighted by Gasteiger charge is -2.18. The lowest BCUT2D eigenvalue weighted by molar-refractivity contribution is 0.511. The smallest absolute Gasteiger partial charge is 0.280 e. The predicted octanol–water partition coefficient (Wildman–Crippen LogP) is 3.75. The molecule has 0 bridgehead atoms. The summed E-state index contributed by atoms with van der Waals surface area (Å²) in [6.07, 6.45) is 1.68. The van der Waals surface area contributed by atoms with Crippen molar-refractivity contribution in [2.75, 3.05) is 29.2 Å². The Kier molecular flexibility index (Phi) is 5.88. The molecule has 0 radical (unpaired) electrons. The standard InChI is InChI=1S/C23H20ClN5O4S2/c1-28-13-14-29(35(28,32)33)17-5-7-18(8-6-17)34(30,31)27-16-4-9-20(24)19(15-16)21-10-11-22-23(26-21)3-2-12-25-22/h2-12,15,27H,13-14H2,1H3. The minimum atomic E-state index is -3.94. The maximum absolute atomic E-state index is 13.0. The molecule has 0 amide bonds. The van der Waals surface area contributed by atoms with Crippen molar-refractivity contribution < 1.29 is 16.8 Å². The molecular weight excluding hydrogens is 510 g/mol. The van der Waals surface area contributed by atoms with Gasteiger partial charge >= 0.3 is 10.2 Å². The summed E-state index contributed by atoms with van der Waals surface area (Å²) in [5.41, 5.74) is 3.29. The molecule has 9 nitrogen and oxygen atoms in total. The molecule has 0 atom stereocenters. The van der Waals surface area contributed by atoms with E-state index in [1.54, 1.807) is 36.5 Å². The van der Waals surface area contributed by atoms with Gasteiger partial charge in [0.15, 0.2) is 0 Å². The molecule has 2 aromatic heterocycles. The summed E-state index contributed by atoms with van der Waals surface area (Å²) in [6.45, 7) is 0.668. The summed E-state index contributed by atoms with van der Waals surface area (Å²) in [5.74, 6) is 0. The molecule has 1 saturated heterocycles. The first-order valence-corrected chi connectivity index (χ1v) is 13.8. The van der Waals surface area contributed by atoms with Crippen molar-refractivity contribution in [3.05, 3.63) is 77.9 Å². The molecule has 0 aliphatic carbocycles. The highest BCUT2D eigenvalue weighted by atomic mass is 35.5. The third kappa shape index (κ3) is 4.43. The minimum absolute atomic E-state index is 0.00222. The molecule has 0 spiro atoms. The Morgan fingerprint density at radius 2 is 1.74 bits per heavy atom. The van der Waals surface area contributed by atoms with Crippen LogP contribution in [0.3, 0.4) is 0 Å². The van der Waals surface area contributed by atoms with E-state index in [1.165, 1.54) is 39.9 Å². The Labute approximate surface area is 208 Å². The average Bonchev–Trinajstić information content (AvgIpc) is 3.12. The zero-order valence-corrected chi connectivity index (χ0v) is 20.8. The van der Waals surface area contributed by atoms with E-state index in [2.05, 4.69) is 14.7 Å². The summed E-state index contributed by atoms with van der Waals surface area (Å²) in [4.78, 5) is 8.84. The Balaban J connectivity index is 1.41. The van der Waals surface area contributed by atoms with Gasteiger partial charge in [0.05, 0.1) is 32.3 Å². The maximum atomic E-state index is 13.0. The Morgan fingerprint density at radius 3 is 2.46 bits per heavy atom. The molecule has 0 unspecified atom stereocenters. The lowest BCUT2D eigenvalue weighted by atomic mass is 10.1.